The summed E-state index contributed by atoms with van der Waals surface area (Å²) in [7, 11) is 0. The molecule has 2 fully saturated rings. The number of rotatable bonds is 4. The van der Waals surface area contributed by atoms with Crippen LogP contribution < -0.4 is 5.32 Å². The zero-order valence-corrected chi connectivity index (χ0v) is 13.9. The largest absolute Gasteiger partial charge is 0.444 e. The summed E-state index contributed by atoms with van der Waals surface area (Å²) in [6.07, 6.45) is 4.73. The normalized spacial score (nSPS) is 27.4. The summed E-state index contributed by atoms with van der Waals surface area (Å²) >= 11 is 0. The summed E-state index contributed by atoms with van der Waals surface area (Å²) < 4.78 is 5.33. The van der Waals surface area contributed by atoms with Gasteiger partial charge in [-0.15, -0.1) is 6.58 Å². The molecule has 0 aromatic rings. The van der Waals surface area contributed by atoms with Crippen molar-refractivity contribution in [1.29, 1.82) is 0 Å². The Kier molecular flexibility index (Phi) is 5.14. The maximum Gasteiger partial charge on any atom is 0.407 e. The number of ether oxygens (including phenoxy) is 1. The Morgan fingerprint density at radius 3 is 2.68 bits per heavy atom. The lowest BCUT2D eigenvalue weighted by Gasteiger charge is -2.25. The van der Waals surface area contributed by atoms with Crippen molar-refractivity contribution in [2.24, 2.45) is 11.8 Å². The van der Waals surface area contributed by atoms with E-state index in [1.165, 1.54) is 0 Å². The molecule has 22 heavy (non-hydrogen) atoms. The van der Waals surface area contributed by atoms with Crippen molar-refractivity contribution in [3.63, 3.8) is 0 Å². The molecule has 2 amide bonds. The zero-order chi connectivity index (χ0) is 16.3. The average molecular weight is 308 g/mol. The number of allylic oxidation sites excluding steroid dienone is 1. The van der Waals surface area contributed by atoms with Crippen LogP contribution in [0, 0.1) is 11.8 Å². The van der Waals surface area contributed by atoms with E-state index in [4.69, 9.17) is 4.74 Å². The third kappa shape index (κ3) is 4.24. The first-order valence-electron chi connectivity index (χ1n) is 8.18. The lowest BCUT2D eigenvalue weighted by atomic mass is 9.98. The van der Waals surface area contributed by atoms with Crippen LogP contribution in [0.5, 0.6) is 0 Å². The molecule has 0 spiro atoms. The van der Waals surface area contributed by atoms with Crippen LogP contribution in [-0.4, -0.2) is 41.6 Å². The summed E-state index contributed by atoms with van der Waals surface area (Å²) in [4.78, 5) is 26.0. The minimum absolute atomic E-state index is 0.122. The maximum absolute atomic E-state index is 12.1. The van der Waals surface area contributed by atoms with Crippen molar-refractivity contribution in [3.05, 3.63) is 12.7 Å². The third-order valence-corrected chi connectivity index (χ3v) is 4.47. The van der Waals surface area contributed by atoms with Gasteiger partial charge in [0.15, 0.2) is 0 Å². The lowest BCUT2D eigenvalue weighted by Crippen LogP contribution is -2.42. The smallest absolute Gasteiger partial charge is 0.407 e. The second kappa shape index (κ2) is 6.71. The van der Waals surface area contributed by atoms with Crippen LogP contribution in [0.15, 0.2) is 12.7 Å². The topological polar surface area (TPSA) is 58.6 Å². The molecule has 0 radical (unpaired) electrons. The van der Waals surface area contributed by atoms with E-state index in [0.29, 0.717) is 18.3 Å². The highest BCUT2D eigenvalue weighted by Gasteiger charge is 2.44. The number of fused-ring (bicyclic) bond motifs is 1. The fourth-order valence-electron chi connectivity index (χ4n) is 3.49. The summed E-state index contributed by atoms with van der Waals surface area (Å²) in [5, 5.41) is 2.99. The molecule has 3 atom stereocenters. The Morgan fingerprint density at radius 2 is 2.05 bits per heavy atom. The number of carbonyl (C=O) groups is 2. The van der Waals surface area contributed by atoms with E-state index in [2.05, 4.69) is 11.9 Å². The molecule has 124 valence electrons. The van der Waals surface area contributed by atoms with Gasteiger partial charge in [0.2, 0.25) is 5.91 Å². The number of nitrogens with one attached hydrogen (secondary N) is 1. The molecule has 0 aromatic carbocycles. The number of amides is 2. The van der Waals surface area contributed by atoms with Gasteiger partial charge in [0.1, 0.15) is 5.60 Å². The highest BCUT2D eigenvalue weighted by atomic mass is 16.6. The molecule has 5 heteroatoms. The number of hydrogen-bond donors (Lipinski definition) is 1. The molecule has 1 heterocycles. The monoisotopic (exact) mass is 308 g/mol. The van der Waals surface area contributed by atoms with Crippen molar-refractivity contribution < 1.29 is 14.3 Å². The third-order valence-electron chi connectivity index (χ3n) is 4.47. The predicted molar refractivity (Wildman–Crippen MR) is 85.4 cm³/mol. The van der Waals surface area contributed by atoms with Gasteiger partial charge in [0.25, 0.3) is 0 Å². The Labute approximate surface area is 133 Å². The standard InChI is InChI=1S/C17H28N2O3/c1-5-6-7-15(20)19-10-12-8-9-14(13(12)11-19)18-16(21)22-17(2,3)4/h5,12-14H,1,6-11H2,2-4H3,(H,18,21). The molecule has 2 aliphatic rings. The van der Waals surface area contributed by atoms with E-state index in [1.807, 2.05) is 25.7 Å². The van der Waals surface area contributed by atoms with E-state index in [9.17, 15) is 9.59 Å². The van der Waals surface area contributed by atoms with Crippen LogP contribution in [-0.2, 0) is 9.53 Å². The zero-order valence-electron chi connectivity index (χ0n) is 13.9. The number of likely N-dealkylation sites (tertiary alicyclic amines) is 1. The van der Waals surface area contributed by atoms with Crippen LogP contribution in [0.2, 0.25) is 0 Å². The highest BCUT2D eigenvalue weighted by Crippen LogP contribution is 2.38. The number of alkyl carbamates (subject to hydrolysis) is 1. The van der Waals surface area contributed by atoms with Gasteiger partial charge in [-0.05, 0) is 46.0 Å². The second-order valence-corrected chi connectivity index (χ2v) is 7.38. The fraction of sp³-hybridized carbons (Fsp3) is 0.765. The van der Waals surface area contributed by atoms with Gasteiger partial charge in [0, 0.05) is 31.5 Å². The van der Waals surface area contributed by atoms with Crippen molar-refractivity contribution in [2.45, 2.75) is 58.1 Å². The quantitative estimate of drug-likeness (QED) is 0.812. The van der Waals surface area contributed by atoms with Gasteiger partial charge in [0.05, 0.1) is 0 Å². The molecular weight excluding hydrogens is 280 g/mol. The Hall–Kier alpha value is -1.52. The first kappa shape index (κ1) is 16.8. The Balaban J connectivity index is 1.86. The van der Waals surface area contributed by atoms with Crippen molar-refractivity contribution in [2.75, 3.05) is 13.1 Å². The number of carbonyl (C=O) groups excluding carboxylic acids is 2. The van der Waals surface area contributed by atoms with Crippen LogP contribution >= 0.6 is 0 Å². The molecule has 0 bridgehead atoms. The predicted octanol–water partition coefficient (Wildman–Crippen LogP) is 2.71. The van der Waals surface area contributed by atoms with E-state index in [1.54, 1.807) is 6.08 Å². The van der Waals surface area contributed by atoms with E-state index >= 15 is 0 Å². The summed E-state index contributed by atoms with van der Waals surface area (Å²) in [6.45, 7) is 10.8. The van der Waals surface area contributed by atoms with Gasteiger partial charge < -0.3 is 15.0 Å². The molecule has 1 aliphatic carbocycles. The highest BCUT2D eigenvalue weighted by molar-refractivity contribution is 5.76. The summed E-state index contributed by atoms with van der Waals surface area (Å²) in [5.41, 5.74) is -0.482. The Bertz CT molecular complexity index is 442. The molecule has 1 saturated carbocycles. The molecule has 3 unspecified atom stereocenters. The summed E-state index contributed by atoms with van der Waals surface area (Å²) in [5.74, 6) is 1.07. The summed E-state index contributed by atoms with van der Waals surface area (Å²) in [6, 6.07) is 0.122. The van der Waals surface area contributed by atoms with Crippen LogP contribution in [0.25, 0.3) is 0 Å². The average Bonchev–Trinajstić information content (AvgIpc) is 2.96. The molecule has 2 rings (SSSR count). The minimum atomic E-state index is -0.482. The van der Waals surface area contributed by atoms with E-state index in [-0.39, 0.29) is 18.0 Å². The SMILES string of the molecule is C=CCCC(=O)N1CC2CCC(NC(=O)OC(C)(C)C)C2C1. The van der Waals surface area contributed by atoms with Gasteiger partial charge in [-0.2, -0.15) is 0 Å². The molecule has 5 nitrogen and oxygen atoms in total. The fourth-order valence-corrected chi connectivity index (χ4v) is 3.49. The maximum atomic E-state index is 12.1. The van der Waals surface area contributed by atoms with Gasteiger partial charge in [-0.1, -0.05) is 6.08 Å². The first-order chi connectivity index (χ1) is 10.3. The molecular formula is C17H28N2O3. The second-order valence-electron chi connectivity index (χ2n) is 7.38. The lowest BCUT2D eigenvalue weighted by molar-refractivity contribution is -0.130. The molecule has 0 aromatic heterocycles. The van der Waals surface area contributed by atoms with Gasteiger partial charge in [-0.25, -0.2) is 4.79 Å². The number of nitrogens with zero attached hydrogens (tertiary/aromatic N) is 1. The van der Waals surface area contributed by atoms with Crippen molar-refractivity contribution in [1.82, 2.24) is 10.2 Å². The number of hydrogen-bond acceptors (Lipinski definition) is 3. The van der Waals surface area contributed by atoms with E-state index in [0.717, 1.165) is 32.4 Å². The molecule has 1 aliphatic heterocycles. The van der Waals surface area contributed by atoms with Crippen LogP contribution in [0.1, 0.15) is 46.5 Å². The van der Waals surface area contributed by atoms with Crippen molar-refractivity contribution >= 4 is 12.0 Å². The molecule has 1 N–H and O–H groups in total. The minimum Gasteiger partial charge on any atom is -0.444 e. The molecule has 1 saturated heterocycles. The first-order valence-corrected chi connectivity index (χ1v) is 8.18. The van der Waals surface area contributed by atoms with Crippen LogP contribution in [0.4, 0.5) is 4.79 Å². The van der Waals surface area contributed by atoms with Crippen LogP contribution in [0.3, 0.4) is 0 Å². The Morgan fingerprint density at radius 1 is 1.32 bits per heavy atom. The van der Waals surface area contributed by atoms with Gasteiger partial charge in [-0.3, -0.25) is 4.79 Å². The van der Waals surface area contributed by atoms with Crippen molar-refractivity contribution in [3.8, 4) is 0 Å². The van der Waals surface area contributed by atoms with E-state index < -0.39 is 5.60 Å². The van der Waals surface area contributed by atoms with Gasteiger partial charge >= 0.3 is 6.09 Å².